The molecule has 0 bridgehead atoms. The van der Waals surface area contributed by atoms with Crippen molar-refractivity contribution in [1.82, 2.24) is 15.0 Å². The number of ether oxygens (including phenoxy) is 1. The number of esters is 1. The molecule has 0 fully saturated rings. The summed E-state index contributed by atoms with van der Waals surface area (Å²) < 4.78 is 6.33. The van der Waals surface area contributed by atoms with Crippen molar-refractivity contribution in [2.75, 3.05) is 7.11 Å². The summed E-state index contributed by atoms with van der Waals surface area (Å²) in [5, 5.41) is 19.5. The quantitative estimate of drug-likeness (QED) is 0.747. The second-order valence-electron chi connectivity index (χ2n) is 4.47. The molecule has 0 aliphatic heterocycles. The molecule has 3 aromatic rings. The molecule has 3 rings (SSSR count). The molecule has 0 saturated heterocycles. The molecule has 2 aromatic heterocycles. The van der Waals surface area contributed by atoms with Crippen molar-refractivity contribution in [3.05, 3.63) is 53.0 Å². The molecule has 0 unspecified atom stereocenters. The Morgan fingerprint density at radius 3 is 2.68 bits per heavy atom. The Balaban J connectivity index is 2.05. The van der Waals surface area contributed by atoms with Crippen molar-refractivity contribution in [1.29, 1.82) is 0 Å². The molecule has 1 N–H and O–H groups in total. The fraction of sp³-hybridized carbons (Fsp3) is 0.133. The lowest BCUT2D eigenvalue weighted by molar-refractivity contribution is 0.0600. The molecule has 6 nitrogen and oxygen atoms in total. The zero-order valence-electron chi connectivity index (χ0n) is 11.8. The van der Waals surface area contributed by atoms with Gasteiger partial charge < -0.3 is 9.84 Å². The van der Waals surface area contributed by atoms with Gasteiger partial charge in [-0.3, -0.25) is 0 Å². The monoisotopic (exact) mass is 315 g/mol. The highest BCUT2D eigenvalue weighted by atomic mass is 32.1. The van der Waals surface area contributed by atoms with Crippen LogP contribution in [0.15, 0.2) is 41.8 Å². The summed E-state index contributed by atoms with van der Waals surface area (Å²) in [6.45, 7) is -0.187. The number of aliphatic hydroxyl groups is 1. The number of aromatic nitrogens is 3. The van der Waals surface area contributed by atoms with E-state index < -0.39 is 0 Å². The lowest BCUT2D eigenvalue weighted by atomic mass is 10.2. The number of benzene rings is 1. The van der Waals surface area contributed by atoms with Crippen molar-refractivity contribution in [3.8, 4) is 16.3 Å². The Kier molecular flexibility index (Phi) is 3.99. The smallest absolute Gasteiger partial charge is 0.337 e. The van der Waals surface area contributed by atoms with Gasteiger partial charge in [-0.05, 0) is 35.7 Å². The summed E-state index contributed by atoms with van der Waals surface area (Å²) >= 11 is 1.54. The number of hydrogen-bond acceptors (Lipinski definition) is 6. The number of carbonyl (C=O) groups excluding carboxylic acids is 1. The van der Waals surface area contributed by atoms with E-state index in [1.54, 1.807) is 40.3 Å². The second kappa shape index (κ2) is 6.08. The summed E-state index contributed by atoms with van der Waals surface area (Å²) in [5.74, 6) is -0.389. The third-order valence-electron chi connectivity index (χ3n) is 3.18. The molecule has 0 aliphatic rings. The first-order valence-corrected chi connectivity index (χ1v) is 7.40. The minimum Gasteiger partial charge on any atom is -0.465 e. The Morgan fingerprint density at radius 1 is 1.32 bits per heavy atom. The first-order valence-electron chi connectivity index (χ1n) is 6.52. The molecule has 0 radical (unpaired) electrons. The highest BCUT2D eigenvalue weighted by Gasteiger charge is 2.16. The van der Waals surface area contributed by atoms with Crippen LogP contribution in [0, 0.1) is 0 Å². The molecular weight excluding hydrogens is 302 g/mol. The molecule has 0 atom stereocenters. The predicted octanol–water partition coefficient (Wildman–Crippen LogP) is 2.27. The van der Waals surface area contributed by atoms with Crippen LogP contribution in [0.5, 0.6) is 0 Å². The van der Waals surface area contributed by atoms with Crippen LogP contribution in [0.3, 0.4) is 0 Å². The first-order chi connectivity index (χ1) is 10.7. The van der Waals surface area contributed by atoms with Crippen LogP contribution in [-0.2, 0) is 11.3 Å². The zero-order chi connectivity index (χ0) is 15.5. The van der Waals surface area contributed by atoms with Crippen LogP contribution >= 0.6 is 11.3 Å². The third kappa shape index (κ3) is 2.51. The van der Waals surface area contributed by atoms with Gasteiger partial charge in [-0.25, -0.2) is 9.48 Å². The van der Waals surface area contributed by atoms with Crippen LogP contribution < -0.4 is 0 Å². The molecule has 7 heteroatoms. The van der Waals surface area contributed by atoms with Gasteiger partial charge in [0.25, 0.3) is 0 Å². The molecule has 0 saturated carbocycles. The summed E-state index contributed by atoms with van der Waals surface area (Å²) in [7, 11) is 1.34. The summed E-state index contributed by atoms with van der Waals surface area (Å²) in [4.78, 5) is 12.4. The maximum atomic E-state index is 11.5. The number of thiophene rings is 1. The minimum atomic E-state index is -0.389. The highest BCUT2D eigenvalue weighted by Crippen LogP contribution is 2.29. The van der Waals surface area contributed by atoms with Crippen LogP contribution in [-0.4, -0.2) is 33.2 Å². The topological polar surface area (TPSA) is 77.2 Å². The largest absolute Gasteiger partial charge is 0.465 e. The number of aliphatic hydroxyl groups excluding tert-OH is 1. The normalized spacial score (nSPS) is 10.6. The predicted molar refractivity (Wildman–Crippen MR) is 81.9 cm³/mol. The van der Waals surface area contributed by atoms with Crippen molar-refractivity contribution in [2.24, 2.45) is 0 Å². The third-order valence-corrected chi connectivity index (χ3v) is 4.05. The van der Waals surface area contributed by atoms with Gasteiger partial charge in [-0.15, -0.1) is 16.4 Å². The van der Waals surface area contributed by atoms with E-state index in [0.29, 0.717) is 11.3 Å². The van der Waals surface area contributed by atoms with Crippen molar-refractivity contribution in [3.63, 3.8) is 0 Å². The molecule has 112 valence electrons. The Hall–Kier alpha value is -2.51. The molecule has 1 aromatic carbocycles. The lowest BCUT2D eigenvalue weighted by Gasteiger charge is -2.07. The van der Waals surface area contributed by atoms with Gasteiger partial charge in [-0.1, -0.05) is 11.3 Å². The Labute approximate surface area is 130 Å². The van der Waals surface area contributed by atoms with Gasteiger partial charge in [0.05, 0.1) is 29.8 Å². The van der Waals surface area contributed by atoms with E-state index in [1.165, 1.54) is 7.11 Å². The fourth-order valence-corrected chi connectivity index (χ4v) is 2.89. The van der Waals surface area contributed by atoms with E-state index in [0.717, 1.165) is 16.3 Å². The number of hydrogen-bond donors (Lipinski definition) is 1. The SMILES string of the molecule is COC(=O)c1ccc(-n2nnc(CO)c2-c2cccs2)cc1. The van der Waals surface area contributed by atoms with Gasteiger partial charge >= 0.3 is 5.97 Å². The van der Waals surface area contributed by atoms with E-state index >= 15 is 0 Å². The van der Waals surface area contributed by atoms with Crippen LogP contribution in [0.1, 0.15) is 16.1 Å². The maximum absolute atomic E-state index is 11.5. The lowest BCUT2D eigenvalue weighted by Crippen LogP contribution is -2.03. The standard InChI is InChI=1S/C15H13N3O3S/c1-21-15(20)10-4-6-11(7-5-10)18-14(12(9-19)16-17-18)13-3-2-8-22-13/h2-8,19H,9H2,1H3. The zero-order valence-corrected chi connectivity index (χ0v) is 12.6. The van der Waals surface area contributed by atoms with Crippen LogP contribution in [0.4, 0.5) is 0 Å². The van der Waals surface area contributed by atoms with E-state index in [2.05, 4.69) is 15.0 Å². The van der Waals surface area contributed by atoms with Crippen molar-refractivity contribution in [2.45, 2.75) is 6.61 Å². The number of rotatable bonds is 4. The number of carbonyl (C=O) groups is 1. The maximum Gasteiger partial charge on any atom is 0.337 e. The average Bonchev–Trinajstić information content (AvgIpc) is 3.22. The van der Waals surface area contributed by atoms with E-state index in [-0.39, 0.29) is 12.6 Å². The summed E-state index contributed by atoms with van der Waals surface area (Å²) in [6.07, 6.45) is 0. The molecule has 0 aliphatic carbocycles. The first kappa shape index (κ1) is 14.4. The molecule has 2 heterocycles. The van der Waals surface area contributed by atoms with Crippen molar-refractivity contribution >= 4 is 17.3 Å². The van der Waals surface area contributed by atoms with Gasteiger partial charge in [-0.2, -0.15) is 0 Å². The van der Waals surface area contributed by atoms with Gasteiger partial charge in [0.15, 0.2) is 0 Å². The van der Waals surface area contributed by atoms with E-state index in [4.69, 9.17) is 0 Å². The molecule has 0 spiro atoms. The number of methoxy groups -OCH3 is 1. The number of nitrogens with zero attached hydrogens (tertiary/aromatic N) is 3. The van der Waals surface area contributed by atoms with Gasteiger partial charge in [0.1, 0.15) is 11.4 Å². The molecular formula is C15H13N3O3S. The Bertz CT molecular complexity index is 779. The van der Waals surface area contributed by atoms with Crippen molar-refractivity contribution < 1.29 is 14.6 Å². The minimum absolute atomic E-state index is 0.187. The van der Waals surface area contributed by atoms with Gasteiger partial charge in [0, 0.05) is 0 Å². The van der Waals surface area contributed by atoms with E-state index in [9.17, 15) is 9.90 Å². The summed E-state index contributed by atoms with van der Waals surface area (Å²) in [6, 6.07) is 10.7. The molecule has 22 heavy (non-hydrogen) atoms. The van der Waals surface area contributed by atoms with Gasteiger partial charge in [0.2, 0.25) is 0 Å². The summed E-state index contributed by atoms with van der Waals surface area (Å²) in [5.41, 5.74) is 2.48. The fourth-order valence-electron chi connectivity index (χ4n) is 2.12. The van der Waals surface area contributed by atoms with Crippen LogP contribution in [0.2, 0.25) is 0 Å². The average molecular weight is 315 g/mol. The molecule has 0 amide bonds. The highest BCUT2D eigenvalue weighted by molar-refractivity contribution is 7.13. The van der Waals surface area contributed by atoms with E-state index in [1.807, 2.05) is 17.5 Å². The Morgan fingerprint density at radius 2 is 2.09 bits per heavy atom. The second-order valence-corrected chi connectivity index (χ2v) is 5.42. The van der Waals surface area contributed by atoms with Crippen LogP contribution in [0.25, 0.3) is 16.3 Å².